The molecular formula is C14H20N2O3S. The Kier molecular flexibility index (Phi) is 3.64. The Morgan fingerprint density at radius 3 is 2.60 bits per heavy atom. The summed E-state index contributed by atoms with van der Waals surface area (Å²) in [6, 6.07) is 4.74. The third kappa shape index (κ3) is 2.71. The number of carbonyl (C=O) groups excluding carboxylic acids is 1. The topological polar surface area (TPSA) is 75.3 Å². The van der Waals surface area contributed by atoms with Crippen LogP contribution in [0.1, 0.15) is 45.6 Å². The summed E-state index contributed by atoms with van der Waals surface area (Å²) in [6.07, 6.45) is 0.688. The van der Waals surface area contributed by atoms with Crippen molar-refractivity contribution in [3.63, 3.8) is 0 Å². The minimum Gasteiger partial charge on any atom is -0.325 e. The number of amides is 1. The fourth-order valence-corrected chi connectivity index (χ4v) is 3.58. The Balaban J connectivity index is 2.38. The lowest BCUT2D eigenvalue weighted by Gasteiger charge is -2.24. The second-order valence-electron chi connectivity index (χ2n) is 5.80. The lowest BCUT2D eigenvalue weighted by molar-refractivity contribution is -0.116. The minimum absolute atomic E-state index is 0.101. The molecule has 5 nitrogen and oxygen atoms in total. The molecule has 2 N–H and O–H groups in total. The third-order valence-corrected chi connectivity index (χ3v) is 5.44. The summed E-state index contributed by atoms with van der Waals surface area (Å²) < 4.78 is 27.4. The highest BCUT2D eigenvalue weighted by molar-refractivity contribution is 7.89. The number of rotatable bonds is 4. The largest absolute Gasteiger partial charge is 0.325 e. The molecule has 20 heavy (non-hydrogen) atoms. The van der Waals surface area contributed by atoms with E-state index in [1.54, 1.807) is 19.1 Å². The Morgan fingerprint density at radius 1 is 1.35 bits per heavy atom. The van der Waals surface area contributed by atoms with Crippen molar-refractivity contribution in [2.75, 3.05) is 5.32 Å². The molecule has 1 aliphatic heterocycles. The van der Waals surface area contributed by atoms with Crippen LogP contribution < -0.4 is 10.0 Å². The van der Waals surface area contributed by atoms with Gasteiger partial charge in [-0.15, -0.1) is 0 Å². The first-order valence-corrected chi connectivity index (χ1v) is 8.13. The molecule has 0 unspecified atom stereocenters. The number of hydrogen-bond acceptors (Lipinski definition) is 3. The summed E-state index contributed by atoms with van der Waals surface area (Å²) >= 11 is 0. The van der Waals surface area contributed by atoms with Crippen molar-refractivity contribution in [3.05, 3.63) is 23.8 Å². The summed E-state index contributed by atoms with van der Waals surface area (Å²) in [4.78, 5) is 11.8. The number of nitrogens with one attached hydrogen (secondary N) is 2. The summed E-state index contributed by atoms with van der Waals surface area (Å²) in [5.74, 6) is -0.421. The third-order valence-electron chi connectivity index (χ3n) is 3.75. The second-order valence-corrected chi connectivity index (χ2v) is 7.49. The predicted octanol–water partition coefficient (Wildman–Crippen LogP) is 2.21. The van der Waals surface area contributed by atoms with Crippen LogP contribution in [0.3, 0.4) is 0 Å². The predicted molar refractivity (Wildman–Crippen MR) is 78.2 cm³/mol. The SMILES string of the molecule is CCC(C)(C)NS(=O)(=O)c1ccc2c(c1)[C@H](C)C(=O)N2. The number of hydrogen-bond donors (Lipinski definition) is 2. The van der Waals surface area contributed by atoms with Crippen molar-refractivity contribution in [1.82, 2.24) is 4.72 Å². The molecule has 0 saturated carbocycles. The van der Waals surface area contributed by atoms with E-state index in [0.29, 0.717) is 12.1 Å². The minimum atomic E-state index is -3.58. The summed E-state index contributed by atoms with van der Waals surface area (Å²) in [5, 5.41) is 2.73. The average molecular weight is 296 g/mol. The van der Waals surface area contributed by atoms with E-state index in [4.69, 9.17) is 0 Å². The van der Waals surface area contributed by atoms with E-state index >= 15 is 0 Å². The van der Waals surface area contributed by atoms with Crippen molar-refractivity contribution in [1.29, 1.82) is 0 Å². The van der Waals surface area contributed by atoms with Crippen LogP contribution in [0.15, 0.2) is 23.1 Å². The van der Waals surface area contributed by atoms with Crippen LogP contribution >= 0.6 is 0 Å². The maximum Gasteiger partial charge on any atom is 0.241 e. The van der Waals surface area contributed by atoms with Crippen LogP contribution in [-0.4, -0.2) is 19.9 Å². The fourth-order valence-electron chi connectivity index (χ4n) is 2.06. The van der Waals surface area contributed by atoms with Gasteiger partial charge < -0.3 is 5.32 Å². The molecule has 1 heterocycles. The highest BCUT2D eigenvalue weighted by atomic mass is 32.2. The summed E-state index contributed by atoms with van der Waals surface area (Å²) in [6.45, 7) is 7.37. The van der Waals surface area contributed by atoms with Gasteiger partial charge in [-0.25, -0.2) is 13.1 Å². The first-order valence-electron chi connectivity index (χ1n) is 6.65. The van der Waals surface area contributed by atoms with E-state index in [1.165, 1.54) is 6.07 Å². The number of fused-ring (bicyclic) bond motifs is 1. The molecule has 1 amide bonds. The summed E-state index contributed by atoms with van der Waals surface area (Å²) in [7, 11) is -3.58. The molecule has 0 aliphatic carbocycles. The standard InChI is InChI=1S/C14H20N2O3S/c1-5-14(3,4)16-20(18,19)10-6-7-12-11(8-10)9(2)13(17)15-12/h6-9,16H,5H2,1-4H3,(H,15,17)/t9-/m0/s1. The summed E-state index contributed by atoms with van der Waals surface area (Å²) in [5.41, 5.74) is 0.917. The van der Waals surface area contributed by atoms with E-state index in [1.807, 2.05) is 20.8 Å². The molecule has 0 fully saturated rings. The number of carbonyl (C=O) groups is 1. The first-order chi connectivity index (χ1) is 9.16. The number of anilines is 1. The molecular weight excluding hydrogens is 276 g/mol. The highest BCUT2D eigenvalue weighted by Gasteiger charge is 2.30. The molecule has 2 rings (SSSR count). The normalized spacial score (nSPS) is 18.8. The molecule has 110 valence electrons. The molecule has 1 aromatic carbocycles. The van der Waals surface area contributed by atoms with Gasteiger partial charge in [-0.3, -0.25) is 4.79 Å². The van der Waals surface area contributed by atoms with E-state index in [0.717, 1.165) is 5.56 Å². The van der Waals surface area contributed by atoms with Crippen LogP contribution in [0, 0.1) is 0 Å². The van der Waals surface area contributed by atoms with Gasteiger partial charge in [-0.05, 0) is 51.0 Å². The van der Waals surface area contributed by atoms with Gasteiger partial charge in [0.05, 0.1) is 10.8 Å². The Bertz CT molecular complexity index is 650. The maximum atomic E-state index is 12.4. The molecule has 0 saturated heterocycles. The van der Waals surface area contributed by atoms with Crippen molar-refractivity contribution < 1.29 is 13.2 Å². The lowest BCUT2D eigenvalue weighted by atomic mass is 10.0. The van der Waals surface area contributed by atoms with Gasteiger partial charge in [-0.2, -0.15) is 0 Å². The number of sulfonamides is 1. The molecule has 1 aliphatic rings. The second kappa shape index (κ2) is 4.86. The quantitative estimate of drug-likeness (QED) is 0.894. The van der Waals surface area contributed by atoms with E-state index in [-0.39, 0.29) is 16.7 Å². The fraction of sp³-hybridized carbons (Fsp3) is 0.500. The molecule has 0 bridgehead atoms. The van der Waals surface area contributed by atoms with Gasteiger partial charge in [-0.1, -0.05) is 6.92 Å². The first kappa shape index (κ1) is 15.0. The van der Waals surface area contributed by atoms with E-state index in [9.17, 15) is 13.2 Å². The monoisotopic (exact) mass is 296 g/mol. The van der Waals surface area contributed by atoms with E-state index < -0.39 is 15.6 Å². The van der Waals surface area contributed by atoms with Gasteiger partial charge in [0.2, 0.25) is 15.9 Å². The molecule has 1 atom stereocenters. The Hall–Kier alpha value is -1.40. The van der Waals surface area contributed by atoms with Crippen LogP contribution in [0.5, 0.6) is 0 Å². The molecule has 0 radical (unpaired) electrons. The van der Waals surface area contributed by atoms with Gasteiger partial charge in [0.1, 0.15) is 0 Å². The van der Waals surface area contributed by atoms with Crippen molar-refractivity contribution in [2.45, 2.75) is 50.5 Å². The molecule has 1 aromatic rings. The van der Waals surface area contributed by atoms with Gasteiger partial charge in [0, 0.05) is 11.2 Å². The highest BCUT2D eigenvalue weighted by Crippen LogP contribution is 2.33. The van der Waals surface area contributed by atoms with Crippen molar-refractivity contribution >= 4 is 21.6 Å². The smallest absolute Gasteiger partial charge is 0.241 e. The number of benzene rings is 1. The van der Waals surface area contributed by atoms with Crippen LogP contribution in [0.4, 0.5) is 5.69 Å². The van der Waals surface area contributed by atoms with Gasteiger partial charge >= 0.3 is 0 Å². The zero-order chi connectivity index (χ0) is 15.1. The van der Waals surface area contributed by atoms with Crippen LogP contribution in [-0.2, 0) is 14.8 Å². The van der Waals surface area contributed by atoms with Crippen LogP contribution in [0.2, 0.25) is 0 Å². The Morgan fingerprint density at radius 2 is 2.00 bits per heavy atom. The molecule has 0 aromatic heterocycles. The maximum absolute atomic E-state index is 12.4. The lowest BCUT2D eigenvalue weighted by Crippen LogP contribution is -2.42. The zero-order valence-corrected chi connectivity index (χ0v) is 13.0. The molecule has 0 spiro atoms. The van der Waals surface area contributed by atoms with Crippen molar-refractivity contribution in [3.8, 4) is 0 Å². The van der Waals surface area contributed by atoms with Gasteiger partial charge in [0.25, 0.3) is 0 Å². The van der Waals surface area contributed by atoms with E-state index in [2.05, 4.69) is 10.0 Å². The van der Waals surface area contributed by atoms with Gasteiger partial charge in [0.15, 0.2) is 0 Å². The zero-order valence-electron chi connectivity index (χ0n) is 12.1. The molecule has 6 heteroatoms. The van der Waals surface area contributed by atoms with Crippen molar-refractivity contribution in [2.24, 2.45) is 0 Å². The average Bonchev–Trinajstić information content (AvgIpc) is 2.64. The Labute approximate surface area is 119 Å². The van der Waals surface area contributed by atoms with Crippen LogP contribution in [0.25, 0.3) is 0 Å².